The number of hydrogen-bond acceptors (Lipinski definition) is 5. The van der Waals surface area contributed by atoms with E-state index in [2.05, 4.69) is 21.4 Å². The number of nitrogen functional groups attached to an aromatic ring is 1. The maximum atomic E-state index is 6.01. The van der Waals surface area contributed by atoms with Crippen molar-refractivity contribution in [3.63, 3.8) is 0 Å². The third-order valence-electron chi connectivity index (χ3n) is 3.78. The summed E-state index contributed by atoms with van der Waals surface area (Å²) in [5.41, 5.74) is 9.69. The van der Waals surface area contributed by atoms with Gasteiger partial charge in [0, 0.05) is 31.0 Å². The minimum atomic E-state index is 0.467. The lowest BCUT2D eigenvalue weighted by molar-refractivity contribution is 0.0845. The second kappa shape index (κ2) is 6.54. The number of aromatic nitrogens is 2. The molecule has 3 heterocycles. The Labute approximate surface area is 124 Å². The Balaban J connectivity index is 1.72. The lowest BCUT2D eigenvalue weighted by Gasteiger charge is -2.22. The Morgan fingerprint density at radius 3 is 2.86 bits per heavy atom. The molecule has 0 radical (unpaired) electrons. The summed E-state index contributed by atoms with van der Waals surface area (Å²) in [6, 6.07) is 7.94. The van der Waals surface area contributed by atoms with Crippen molar-refractivity contribution in [2.75, 3.05) is 24.3 Å². The fourth-order valence-corrected chi connectivity index (χ4v) is 2.54. The summed E-state index contributed by atoms with van der Waals surface area (Å²) in [5, 5.41) is 3.35. The van der Waals surface area contributed by atoms with E-state index in [1.54, 1.807) is 12.4 Å². The van der Waals surface area contributed by atoms with Gasteiger partial charge in [-0.15, -0.1) is 0 Å². The van der Waals surface area contributed by atoms with Gasteiger partial charge < -0.3 is 15.8 Å². The summed E-state index contributed by atoms with van der Waals surface area (Å²) in [6.45, 7) is 2.28. The zero-order valence-corrected chi connectivity index (χ0v) is 12.0. The molecule has 2 aromatic heterocycles. The van der Waals surface area contributed by atoms with Gasteiger partial charge in [0.25, 0.3) is 0 Å². The maximum Gasteiger partial charge on any atom is 0.0736 e. The number of anilines is 2. The van der Waals surface area contributed by atoms with E-state index in [0.29, 0.717) is 18.2 Å². The zero-order valence-electron chi connectivity index (χ0n) is 12.0. The first-order chi connectivity index (χ1) is 10.3. The van der Waals surface area contributed by atoms with Crippen LogP contribution in [0.15, 0.2) is 36.7 Å². The Bertz CT molecular complexity index is 582. The van der Waals surface area contributed by atoms with Crippen LogP contribution in [0, 0.1) is 0 Å². The normalized spacial score (nSPS) is 15.8. The maximum absolute atomic E-state index is 6.01. The number of pyridine rings is 2. The average molecular weight is 284 g/mol. The minimum Gasteiger partial charge on any atom is -0.396 e. The van der Waals surface area contributed by atoms with Gasteiger partial charge in [-0.1, -0.05) is 6.07 Å². The number of nitrogens with one attached hydrogen (secondary N) is 1. The first-order valence-corrected chi connectivity index (χ1v) is 7.30. The molecule has 5 nitrogen and oxygen atoms in total. The molecule has 0 aliphatic carbocycles. The highest BCUT2D eigenvalue weighted by molar-refractivity contribution is 5.65. The van der Waals surface area contributed by atoms with Crippen LogP contribution >= 0.6 is 0 Å². The third-order valence-corrected chi connectivity index (χ3v) is 3.78. The zero-order chi connectivity index (χ0) is 14.5. The van der Waals surface area contributed by atoms with Crippen LogP contribution in [0.4, 0.5) is 11.4 Å². The van der Waals surface area contributed by atoms with Crippen LogP contribution in [0.2, 0.25) is 0 Å². The highest BCUT2D eigenvalue weighted by Crippen LogP contribution is 2.29. The van der Waals surface area contributed by atoms with Crippen LogP contribution in [0.3, 0.4) is 0 Å². The molecule has 1 aliphatic heterocycles. The number of nitrogens with two attached hydrogens (primary N) is 1. The van der Waals surface area contributed by atoms with E-state index in [1.165, 1.54) is 0 Å². The van der Waals surface area contributed by atoms with Crippen LogP contribution in [0.1, 0.15) is 30.1 Å². The molecule has 21 heavy (non-hydrogen) atoms. The van der Waals surface area contributed by atoms with Crippen LogP contribution in [-0.4, -0.2) is 23.2 Å². The van der Waals surface area contributed by atoms with Gasteiger partial charge in [0.05, 0.1) is 29.8 Å². The summed E-state index contributed by atoms with van der Waals surface area (Å²) in [5.74, 6) is 0.467. The lowest BCUT2D eigenvalue weighted by Crippen LogP contribution is -2.15. The molecule has 3 N–H and O–H groups in total. The molecular weight excluding hydrogens is 264 g/mol. The van der Waals surface area contributed by atoms with E-state index in [1.807, 2.05) is 18.2 Å². The molecule has 0 amide bonds. The van der Waals surface area contributed by atoms with E-state index in [-0.39, 0.29) is 0 Å². The van der Waals surface area contributed by atoms with Crippen molar-refractivity contribution in [1.29, 1.82) is 0 Å². The second-order valence-corrected chi connectivity index (χ2v) is 5.26. The Hall–Kier alpha value is -2.14. The van der Waals surface area contributed by atoms with Crippen LogP contribution < -0.4 is 11.1 Å². The molecule has 0 spiro atoms. The predicted molar refractivity (Wildman–Crippen MR) is 83.0 cm³/mol. The molecule has 1 saturated heterocycles. The van der Waals surface area contributed by atoms with E-state index in [9.17, 15) is 0 Å². The van der Waals surface area contributed by atoms with Crippen LogP contribution in [0.25, 0.3) is 0 Å². The fourth-order valence-electron chi connectivity index (χ4n) is 2.54. The van der Waals surface area contributed by atoms with Gasteiger partial charge >= 0.3 is 0 Å². The minimum absolute atomic E-state index is 0.467. The molecule has 3 rings (SSSR count). The molecule has 0 atom stereocenters. The van der Waals surface area contributed by atoms with Gasteiger partial charge in [-0.3, -0.25) is 9.97 Å². The molecule has 1 aliphatic rings. The number of rotatable bonds is 4. The van der Waals surface area contributed by atoms with Gasteiger partial charge in [0.15, 0.2) is 0 Å². The fraction of sp³-hybridized carbons (Fsp3) is 0.375. The monoisotopic (exact) mass is 284 g/mol. The Kier molecular flexibility index (Phi) is 4.31. The van der Waals surface area contributed by atoms with Gasteiger partial charge in [-0.05, 0) is 31.0 Å². The smallest absolute Gasteiger partial charge is 0.0736 e. The quantitative estimate of drug-likeness (QED) is 0.902. The summed E-state index contributed by atoms with van der Waals surface area (Å²) in [6.07, 6.45) is 5.58. The molecule has 110 valence electrons. The number of nitrogens with zero attached hydrogens (tertiary/aromatic N) is 2. The second-order valence-electron chi connectivity index (χ2n) is 5.26. The summed E-state index contributed by atoms with van der Waals surface area (Å²) in [4.78, 5) is 8.78. The molecule has 0 saturated carbocycles. The SMILES string of the molecule is Nc1cnc(C2CCOCC2)cc1NCc1ccccn1. The van der Waals surface area contributed by atoms with Crippen molar-refractivity contribution in [1.82, 2.24) is 9.97 Å². The molecule has 0 aromatic carbocycles. The largest absolute Gasteiger partial charge is 0.396 e. The lowest BCUT2D eigenvalue weighted by atomic mass is 9.95. The molecule has 0 unspecified atom stereocenters. The molecule has 1 fully saturated rings. The van der Waals surface area contributed by atoms with Gasteiger partial charge in [0.1, 0.15) is 0 Å². The van der Waals surface area contributed by atoms with Crippen molar-refractivity contribution >= 4 is 11.4 Å². The summed E-state index contributed by atoms with van der Waals surface area (Å²) >= 11 is 0. The van der Waals surface area contributed by atoms with Crippen molar-refractivity contribution in [3.8, 4) is 0 Å². The van der Waals surface area contributed by atoms with Crippen LogP contribution in [0.5, 0.6) is 0 Å². The predicted octanol–water partition coefficient (Wildman–Crippen LogP) is 2.56. The van der Waals surface area contributed by atoms with Crippen LogP contribution in [-0.2, 0) is 11.3 Å². The van der Waals surface area contributed by atoms with Crippen molar-refractivity contribution < 1.29 is 4.74 Å². The van der Waals surface area contributed by atoms with E-state index in [4.69, 9.17) is 10.5 Å². The summed E-state index contributed by atoms with van der Waals surface area (Å²) in [7, 11) is 0. The molecule has 5 heteroatoms. The van der Waals surface area contributed by atoms with E-state index < -0.39 is 0 Å². The first-order valence-electron chi connectivity index (χ1n) is 7.30. The number of hydrogen-bond donors (Lipinski definition) is 2. The topological polar surface area (TPSA) is 73.1 Å². The molecule has 2 aromatic rings. The van der Waals surface area contributed by atoms with Gasteiger partial charge in [-0.25, -0.2) is 0 Å². The van der Waals surface area contributed by atoms with E-state index in [0.717, 1.165) is 43.1 Å². The van der Waals surface area contributed by atoms with Crippen molar-refractivity contribution in [3.05, 3.63) is 48.0 Å². The molecular formula is C16H20N4O. The van der Waals surface area contributed by atoms with Gasteiger partial charge in [-0.2, -0.15) is 0 Å². The third kappa shape index (κ3) is 3.49. The highest BCUT2D eigenvalue weighted by atomic mass is 16.5. The molecule has 0 bridgehead atoms. The summed E-state index contributed by atoms with van der Waals surface area (Å²) < 4.78 is 5.40. The Morgan fingerprint density at radius 2 is 2.10 bits per heavy atom. The van der Waals surface area contributed by atoms with E-state index >= 15 is 0 Å². The average Bonchev–Trinajstić information content (AvgIpc) is 2.56. The standard InChI is InChI=1S/C16H20N4O/c17-14-11-20-15(12-4-7-21-8-5-12)9-16(14)19-10-13-3-1-2-6-18-13/h1-3,6,9,11-12H,4-5,7-8,10,17H2,(H,19,20). The van der Waals surface area contributed by atoms with Crippen molar-refractivity contribution in [2.24, 2.45) is 0 Å². The highest BCUT2D eigenvalue weighted by Gasteiger charge is 2.18. The Morgan fingerprint density at radius 1 is 1.24 bits per heavy atom. The van der Waals surface area contributed by atoms with Crippen molar-refractivity contribution in [2.45, 2.75) is 25.3 Å². The first kappa shape index (κ1) is 13.8. The number of ether oxygens (including phenoxy) is 1. The van der Waals surface area contributed by atoms with Gasteiger partial charge in [0.2, 0.25) is 0 Å².